The third kappa shape index (κ3) is 3.15. The van der Waals surface area contributed by atoms with Crippen LogP contribution in [0.25, 0.3) is 11.1 Å². The fourth-order valence-electron chi connectivity index (χ4n) is 2.33. The van der Waals surface area contributed by atoms with Gasteiger partial charge in [0.15, 0.2) is 11.3 Å². The van der Waals surface area contributed by atoms with Crippen molar-refractivity contribution in [1.82, 2.24) is 9.97 Å². The van der Waals surface area contributed by atoms with E-state index in [9.17, 15) is 4.79 Å². The van der Waals surface area contributed by atoms with Gasteiger partial charge in [-0.15, -0.1) is 0 Å². The van der Waals surface area contributed by atoms with Gasteiger partial charge in [0.25, 0.3) is 6.01 Å². The summed E-state index contributed by atoms with van der Waals surface area (Å²) in [6.45, 7) is 2.48. The van der Waals surface area contributed by atoms with E-state index in [0.717, 1.165) is 11.3 Å². The monoisotopic (exact) mass is 327 g/mol. The van der Waals surface area contributed by atoms with Crippen molar-refractivity contribution in [2.45, 2.75) is 13.5 Å². The minimum absolute atomic E-state index is 0.327. The number of fused-ring (bicyclic) bond motifs is 1. The first-order valence-electron chi connectivity index (χ1n) is 7.33. The van der Waals surface area contributed by atoms with Crippen molar-refractivity contribution < 1.29 is 18.7 Å². The lowest BCUT2D eigenvalue weighted by atomic mass is 10.2. The van der Waals surface area contributed by atoms with Crippen molar-refractivity contribution in [2.75, 3.05) is 19.5 Å². The van der Waals surface area contributed by atoms with Gasteiger partial charge in [0, 0.05) is 6.20 Å². The molecule has 0 amide bonds. The molecule has 0 saturated heterocycles. The molecule has 0 saturated carbocycles. The van der Waals surface area contributed by atoms with Crippen LogP contribution in [0.5, 0.6) is 5.75 Å². The molecule has 24 heavy (non-hydrogen) atoms. The molecule has 0 fully saturated rings. The predicted octanol–water partition coefficient (Wildman–Crippen LogP) is 2.94. The highest BCUT2D eigenvalue weighted by atomic mass is 16.5. The number of ether oxygens (including phenoxy) is 2. The van der Waals surface area contributed by atoms with Gasteiger partial charge < -0.3 is 19.2 Å². The lowest BCUT2D eigenvalue weighted by molar-refractivity contribution is 0.0600. The van der Waals surface area contributed by atoms with Gasteiger partial charge in [-0.05, 0) is 36.8 Å². The number of rotatable bonds is 5. The van der Waals surface area contributed by atoms with Crippen LogP contribution in [0.2, 0.25) is 0 Å². The van der Waals surface area contributed by atoms with E-state index in [0.29, 0.717) is 35.0 Å². The number of nitrogens with zero attached hydrogens (tertiary/aromatic N) is 2. The van der Waals surface area contributed by atoms with Gasteiger partial charge in [-0.1, -0.05) is 0 Å². The first-order chi connectivity index (χ1) is 11.6. The van der Waals surface area contributed by atoms with Gasteiger partial charge in [0.05, 0.1) is 32.0 Å². The first-order valence-corrected chi connectivity index (χ1v) is 7.33. The summed E-state index contributed by atoms with van der Waals surface area (Å²) in [6.07, 6.45) is 1.75. The molecule has 1 aromatic carbocycles. The standard InChI is InChI=1S/C17H17N3O4/c1-10-4-5-18-12(6-10)9-19-17-20-13-7-11(16(21)23-3)8-14(22-2)15(13)24-17/h4-8H,9H2,1-3H3,(H,19,20). The fourth-order valence-corrected chi connectivity index (χ4v) is 2.33. The van der Waals surface area contributed by atoms with Crippen LogP contribution in [-0.2, 0) is 11.3 Å². The number of oxazole rings is 1. The van der Waals surface area contributed by atoms with Gasteiger partial charge in [-0.25, -0.2) is 4.79 Å². The highest BCUT2D eigenvalue weighted by Gasteiger charge is 2.16. The van der Waals surface area contributed by atoms with Gasteiger partial charge >= 0.3 is 5.97 Å². The average molecular weight is 327 g/mol. The maximum atomic E-state index is 11.7. The predicted molar refractivity (Wildman–Crippen MR) is 88.2 cm³/mol. The summed E-state index contributed by atoms with van der Waals surface area (Å²) in [7, 11) is 2.83. The number of aryl methyl sites for hydroxylation is 1. The van der Waals surface area contributed by atoms with Crippen molar-refractivity contribution in [3.63, 3.8) is 0 Å². The van der Waals surface area contributed by atoms with E-state index in [-0.39, 0.29) is 0 Å². The van der Waals surface area contributed by atoms with Crippen molar-refractivity contribution in [3.05, 3.63) is 47.3 Å². The molecular weight excluding hydrogens is 310 g/mol. The van der Waals surface area contributed by atoms with E-state index in [1.807, 2.05) is 19.1 Å². The summed E-state index contributed by atoms with van der Waals surface area (Å²) < 4.78 is 15.7. The number of esters is 1. The summed E-state index contributed by atoms with van der Waals surface area (Å²) >= 11 is 0. The number of carbonyl (C=O) groups is 1. The third-order valence-corrected chi connectivity index (χ3v) is 3.49. The maximum Gasteiger partial charge on any atom is 0.338 e. The number of carbonyl (C=O) groups excluding carboxylic acids is 1. The van der Waals surface area contributed by atoms with Crippen LogP contribution in [-0.4, -0.2) is 30.2 Å². The smallest absolute Gasteiger partial charge is 0.338 e. The Hall–Kier alpha value is -3.09. The van der Waals surface area contributed by atoms with Crippen LogP contribution < -0.4 is 10.1 Å². The highest BCUT2D eigenvalue weighted by Crippen LogP contribution is 2.30. The zero-order valence-corrected chi connectivity index (χ0v) is 13.6. The molecule has 0 spiro atoms. The van der Waals surface area contributed by atoms with Crippen molar-refractivity contribution >= 4 is 23.1 Å². The van der Waals surface area contributed by atoms with Crippen LogP contribution in [0.15, 0.2) is 34.9 Å². The molecule has 0 aliphatic rings. The lowest BCUT2D eigenvalue weighted by Crippen LogP contribution is -2.02. The molecule has 0 unspecified atom stereocenters. The quantitative estimate of drug-likeness (QED) is 0.721. The summed E-state index contributed by atoms with van der Waals surface area (Å²) in [5.74, 6) is -0.0428. The van der Waals surface area contributed by atoms with E-state index >= 15 is 0 Å². The minimum atomic E-state index is -0.461. The Morgan fingerprint density at radius 3 is 2.83 bits per heavy atom. The molecule has 7 nitrogen and oxygen atoms in total. The van der Waals surface area contributed by atoms with E-state index < -0.39 is 5.97 Å². The van der Waals surface area contributed by atoms with Crippen LogP contribution in [0.3, 0.4) is 0 Å². The third-order valence-electron chi connectivity index (χ3n) is 3.49. The zero-order chi connectivity index (χ0) is 17.1. The maximum absolute atomic E-state index is 11.7. The van der Waals surface area contributed by atoms with E-state index in [1.54, 1.807) is 18.3 Å². The van der Waals surface area contributed by atoms with Gasteiger partial charge in [0.2, 0.25) is 0 Å². The number of anilines is 1. The summed E-state index contributed by atoms with van der Waals surface area (Å²) in [5.41, 5.74) is 3.32. The molecule has 124 valence electrons. The first kappa shape index (κ1) is 15.8. The number of hydrogen-bond donors (Lipinski definition) is 1. The molecule has 3 rings (SSSR count). The number of benzene rings is 1. The summed E-state index contributed by atoms with van der Waals surface area (Å²) in [5, 5.41) is 3.08. The van der Waals surface area contributed by atoms with Crippen LogP contribution in [0, 0.1) is 6.92 Å². The highest BCUT2D eigenvalue weighted by molar-refractivity contribution is 5.95. The number of nitrogens with one attached hydrogen (secondary N) is 1. The number of pyridine rings is 1. The Bertz CT molecular complexity index is 889. The molecule has 7 heteroatoms. The van der Waals surface area contributed by atoms with Crippen molar-refractivity contribution in [1.29, 1.82) is 0 Å². The minimum Gasteiger partial charge on any atom is -0.493 e. The second-order valence-corrected chi connectivity index (χ2v) is 5.22. The SMILES string of the molecule is COC(=O)c1cc(OC)c2oc(NCc3cc(C)ccn3)nc2c1. The van der Waals surface area contributed by atoms with Crippen LogP contribution in [0.4, 0.5) is 6.01 Å². The summed E-state index contributed by atoms with van der Waals surface area (Å²) in [6, 6.07) is 7.40. The number of hydrogen-bond acceptors (Lipinski definition) is 7. The zero-order valence-electron chi connectivity index (χ0n) is 13.6. The Balaban J connectivity index is 1.88. The Kier molecular flexibility index (Phi) is 4.33. The Morgan fingerprint density at radius 1 is 1.29 bits per heavy atom. The van der Waals surface area contributed by atoms with Crippen LogP contribution >= 0.6 is 0 Å². The molecule has 3 aromatic rings. The largest absolute Gasteiger partial charge is 0.493 e. The molecule has 1 N–H and O–H groups in total. The van der Waals surface area contributed by atoms with Gasteiger partial charge in [0.1, 0.15) is 5.52 Å². The molecule has 2 heterocycles. The van der Waals surface area contributed by atoms with Gasteiger partial charge in [-0.2, -0.15) is 4.98 Å². The normalized spacial score (nSPS) is 10.6. The molecule has 0 atom stereocenters. The molecule has 2 aromatic heterocycles. The lowest BCUT2D eigenvalue weighted by Gasteiger charge is -2.03. The Morgan fingerprint density at radius 2 is 2.12 bits per heavy atom. The number of methoxy groups -OCH3 is 2. The van der Waals surface area contributed by atoms with Crippen LogP contribution in [0.1, 0.15) is 21.6 Å². The second-order valence-electron chi connectivity index (χ2n) is 5.22. The molecular formula is C17H17N3O4. The topological polar surface area (TPSA) is 86.5 Å². The van der Waals surface area contributed by atoms with E-state index in [2.05, 4.69) is 15.3 Å². The van der Waals surface area contributed by atoms with Gasteiger partial charge in [-0.3, -0.25) is 4.98 Å². The van der Waals surface area contributed by atoms with E-state index in [4.69, 9.17) is 13.9 Å². The molecule has 0 radical (unpaired) electrons. The second kappa shape index (κ2) is 6.57. The van der Waals surface area contributed by atoms with Crippen molar-refractivity contribution in [2.24, 2.45) is 0 Å². The van der Waals surface area contributed by atoms with E-state index in [1.165, 1.54) is 14.2 Å². The number of aromatic nitrogens is 2. The molecule has 0 aliphatic heterocycles. The van der Waals surface area contributed by atoms with Crippen molar-refractivity contribution in [3.8, 4) is 5.75 Å². The molecule has 0 bridgehead atoms. The Labute approximate surface area is 138 Å². The summed E-state index contributed by atoms with van der Waals surface area (Å²) in [4.78, 5) is 20.3. The fraction of sp³-hybridized carbons (Fsp3) is 0.235. The average Bonchev–Trinajstić information content (AvgIpc) is 3.01. The molecule has 0 aliphatic carbocycles.